The van der Waals surface area contributed by atoms with E-state index in [4.69, 9.17) is 5.73 Å². The summed E-state index contributed by atoms with van der Waals surface area (Å²) in [6.07, 6.45) is 5.08. The Kier molecular flexibility index (Phi) is 5.20. The lowest BCUT2D eigenvalue weighted by Crippen LogP contribution is -2.28. The maximum absolute atomic E-state index is 12.2. The first kappa shape index (κ1) is 14.6. The van der Waals surface area contributed by atoms with Gasteiger partial charge in [0.2, 0.25) is 0 Å². The Labute approximate surface area is 120 Å². The highest BCUT2D eigenvalue weighted by Gasteiger charge is 2.17. The molecule has 20 heavy (non-hydrogen) atoms. The molecule has 0 aromatic heterocycles. The Morgan fingerprint density at radius 3 is 2.90 bits per heavy atom. The van der Waals surface area contributed by atoms with E-state index in [1.54, 1.807) is 0 Å². The van der Waals surface area contributed by atoms with Crippen LogP contribution >= 0.6 is 0 Å². The molecule has 1 aliphatic rings. The number of benzene rings is 1. The highest BCUT2D eigenvalue weighted by atomic mass is 16.1. The maximum Gasteiger partial charge on any atom is 0.251 e. The van der Waals surface area contributed by atoms with E-state index in [1.807, 2.05) is 25.1 Å². The smallest absolute Gasteiger partial charge is 0.251 e. The summed E-state index contributed by atoms with van der Waals surface area (Å²) >= 11 is 0. The van der Waals surface area contributed by atoms with Crippen molar-refractivity contribution in [3.63, 3.8) is 0 Å². The number of nitrogens with two attached hydrogens (primary N) is 1. The minimum Gasteiger partial charge on any atom is -0.352 e. The molecule has 1 fully saturated rings. The van der Waals surface area contributed by atoms with E-state index in [1.165, 1.54) is 19.3 Å². The fourth-order valence-electron chi connectivity index (χ4n) is 2.36. The molecule has 3 N–H and O–H groups in total. The van der Waals surface area contributed by atoms with Gasteiger partial charge in [-0.1, -0.05) is 37.2 Å². The summed E-state index contributed by atoms with van der Waals surface area (Å²) in [6.45, 7) is 3.04. The quantitative estimate of drug-likeness (QED) is 0.824. The van der Waals surface area contributed by atoms with Crippen LogP contribution in [0.1, 0.15) is 47.2 Å². The first-order valence-corrected chi connectivity index (χ1v) is 7.28. The fourth-order valence-corrected chi connectivity index (χ4v) is 2.36. The van der Waals surface area contributed by atoms with Gasteiger partial charge in [-0.05, 0) is 37.0 Å². The van der Waals surface area contributed by atoms with Crippen molar-refractivity contribution < 1.29 is 4.79 Å². The number of rotatable bonds is 4. The summed E-state index contributed by atoms with van der Waals surface area (Å²) < 4.78 is 0. The molecule has 0 unspecified atom stereocenters. The van der Waals surface area contributed by atoms with Gasteiger partial charge in [0.1, 0.15) is 0 Å². The Morgan fingerprint density at radius 1 is 1.45 bits per heavy atom. The molecule has 1 aliphatic carbocycles. The molecule has 0 aliphatic heterocycles. The van der Waals surface area contributed by atoms with E-state index in [-0.39, 0.29) is 5.91 Å². The number of carbonyl (C=O) groups excluding carboxylic acids is 1. The van der Waals surface area contributed by atoms with Crippen LogP contribution in [0.4, 0.5) is 0 Å². The molecule has 0 atom stereocenters. The summed E-state index contributed by atoms with van der Waals surface area (Å²) in [5, 5.41) is 3.01. The lowest BCUT2D eigenvalue weighted by atomic mass is 9.83. The second-order valence-electron chi connectivity index (χ2n) is 5.38. The number of aryl methyl sites for hydroxylation is 1. The van der Waals surface area contributed by atoms with Crippen molar-refractivity contribution in [1.82, 2.24) is 5.32 Å². The van der Waals surface area contributed by atoms with Gasteiger partial charge < -0.3 is 11.1 Å². The van der Waals surface area contributed by atoms with Crippen LogP contribution in [0.25, 0.3) is 0 Å². The zero-order valence-electron chi connectivity index (χ0n) is 12.0. The van der Waals surface area contributed by atoms with Crippen LogP contribution in [0, 0.1) is 24.7 Å². The lowest BCUT2D eigenvalue weighted by molar-refractivity contribution is 0.0948. The van der Waals surface area contributed by atoms with Crippen molar-refractivity contribution in [3.8, 4) is 11.8 Å². The summed E-state index contributed by atoms with van der Waals surface area (Å²) in [6, 6.07) is 5.70. The van der Waals surface area contributed by atoms with E-state index in [9.17, 15) is 4.79 Å². The molecule has 0 spiro atoms. The zero-order valence-corrected chi connectivity index (χ0v) is 12.0. The van der Waals surface area contributed by atoms with Crippen molar-refractivity contribution in [2.75, 3.05) is 13.1 Å². The van der Waals surface area contributed by atoms with Crippen molar-refractivity contribution >= 4 is 5.91 Å². The molecule has 1 aromatic carbocycles. The van der Waals surface area contributed by atoms with Crippen LogP contribution in [0.15, 0.2) is 18.2 Å². The molecule has 1 saturated carbocycles. The van der Waals surface area contributed by atoms with Crippen LogP contribution in [0.5, 0.6) is 0 Å². The van der Waals surface area contributed by atoms with Crippen LogP contribution in [0.3, 0.4) is 0 Å². The molecular weight excluding hydrogens is 248 g/mol. The van der Waals surface area contributed by atoms with Crippen LogP contribution in [0.2, 0.25) is 0 Å². The maximum atomic E-state index is 12.2. The third-order valence-corrected chi connectivity index (χ3v) is 3.88. The van der Waals surface area contributed by atoms with Crippen molar-refractivity contribution in [2.45, 2.75) is 32.6 Å². The van der Waals surface area contributed by atoms with Gasteiger partial charge in [-0.3, -0.25) is 4.79 Å². The standard InChI is InChI=1S/C17H22N2O/c1-13-7-8-15(6-3-10-18)12-16(13)17(20)19-11-9-14-4-2-5-14/h7-8,12,14H,2,4-5,9-11,18H2,1H3,(H,19,20). The number of hydrogen-bond acceptors (Lipinski definition) is 2. The molecule has 1 amide bonds. The molecule has 3 nitrogen and oxygen atoms in total. The average Bonchev–Trinajstić information content (AvgIpc) is 2.40. The summed E-state index contributed by atoms with van der Waals surface area (Å²) in [5.74, 6) is 6.59. The molecule has 3 heteroatoms. The normalized spacial score (nSPS) is 14.1. The molecule has 0 heterocycles. The van der Waals surface area contributed by atoms with E-state index in [0.29, 0.717) is 12.1 Å². The average molecular weight is 270 g/mol. The van der Waals surface area contributed by atoms with Crippen molar-refractivity contribution in [1.29, 1.82) is 0 Å². The predicted molar refractivity (Wildman–Crippen MR) is 81.4 cm³/mol. The molecule has 0 radical (unpaired) electrons. The Morgan fingerprint density at radius 2 is 2.25 bits per heavy atom. The van der Waals surface area contributed by atoms with Gasteiger partial charge in [0.05, 0.1) is 6.54 Å². The first-order chi connectivity index (χ1) is 9.70. The third-order valence-electron chi connectivity index (χ3n) is 3.88. The van der Waals surface area contributed by atoms with E-state index >= 15 is 0 Å². The summed E-state index contributed by atoms with van der Waals surface area (Å²) in [7, 11) is 0. The molecule has 0 saturated heterocycles. The SMILES string of the molecule is Cc1ccc(C#CCN)cc1C(=O)NCCC1CCC1. The second-order valence-corrected chi connectivity index (χ2v) is 5.38. The third kappa shape index (κ3) is 3.85. The number of nitrogens with one attached hydrogen (secondary N) is 1. The predicted octanol–water partition coefficient (Wildman–Crippen LogP) is 2.23. The minimum atomic E-state index is -0.00165. The van der Waals surface area contributed by atoms with Gasteiger partial charge in [0, 0.05) is 17.7 Å². The summed E-state index contributed by atoms with van der Waals surface area (Å²) in [4.78, 5) is 12.2. The molecule has 2 rings (SSSR count). The van der Waals surface area contributed by atoms with Crippen LogP contribution < -0.4 is 11.1 Å². The molecule has 0 bridgehead atoms. The van der Waals surface area contributed by atoms with Crippen molar-refractivity contribution in [3.05, 3.63) is 34.9 Å². The number of amides is 1. The monoisotopic (exact) mass is 270 g/mol. The number of carbonyl (C=O) groups is 1. The topological polar surface area (TPSA) is 55.1 Å². The van der Waals surface area contributed by atoms with E-state index in [2.05, 4.69) is 17.2 Å². The Balaban J connectivity index is 1.96. The van der Waals surface area contributed by atoms with Gasteiger partial charge in [0.25, 0.3) is 5.91 Å². The van der Waals surface area contributed by atoms with E-state index in [0.717, 1.165) is 30.0 Å². The molecule has 1 aromatic rings. The van der Waals surface area contributed by atoms with Gasteiger partial charge in [-0.2, -0.15) is 0 Å². The first-order valence-electron chi connectivity index (χ1n) is 7.28. The highest BCUT2D eigenvalue weighted by molar-refractivity contribution is 5.96. The van der Waals surface area contributed by atoms with Gasteiger partial charge in [-0.15, -0.1) is 0 Å². The van der Waals surface area contributed by atoms with Gasteiger partial charge >= 0.3 is 0 Å². The largest absolute Gasteiger partial charge is 0.352 e. The lowest BCUT2D eigenvalue weighted by Gasteiger charge is -2.25. The fraction of sp³-hybridized carbons (Fsp3) is 0.471. The van der Waals surface area contributed by atoms with Crippen molar-refractivity contribution in [2.24, 2.45) is 11.7 Å². The molecular formula is C17H22N2O. The van der Waals surface area contributed by atoms with Gasteiger partial charge in [-0.25, -0.2) is 0 Å². The highest BCUT2D eigenvalue weighted by Crippen LogP contribution is 2.28. The zero-order chi connectivity index (χ0) is 14.4. The molecule has 106 valence electrons. The van der Waals surface area contributed by atoms with E-state index < -0.39 is 0 Å². The van der Waals surface area contributed by atoms with Gasteiger partial charge in [0.15, 0.2) is 0 Å². The van der Waals surface area contributed by atoms with Crippen LogP contribution in [-0.4, -0.2) is 19.0 Å². The van der Waals surface area contributed by atoms with Crippen LogP contribution in [-0.2, 0) is 0 Å². The summed E-state index contributed by atoms with van der Waals surface area (Å²) in [5.41, 5.74) is 7.89. The minimum absolute atomic E-state index is 0.00165. The Bertz CT molecular complexity index is 536. The Hall–Kier alpha value is -1.79. The second kappa shape index (κ2) is 7.12. The number of hydrogen-bond donors (Lipinski definition) is 2.